The van der Waals surface area contributed by atoms with Crippen molar-refractivity contribution in [2.75, 3.05) is 13.1 Å². The Labute approximate surface area is 118 Å². The molecule has 1 heterocycles. The Balaban J connectivity index is 2.08. The van der Waals surface area contributed by atoms with Crippen LogP contribution in [0.3, 0.4) is 0 Å². The molecule has 0 aliphatic carbocycles. The Hall–Kier alpha value is -1.47. The highest BCUT2D eigenvalue weighted by molar-refractivity contribution is 7.14. The zero-order valence-corrected chi connectivity index (χ0v) is 11.7. The van der Waals surface area contributed by atoms with Gasteiger partial charge in [0.2, 0.25) is 0 Å². The zero-order valence-electron chi connectivity index (χ0n) is 10.9. The summed E-state index contributed by atoms with van der Waals surface area (Å²) in [6, 6.07) is 4.99. The van der Waals surface area contributed by atoms with E-state index in [1.165, 1.54) is 23.5 Å². The van der Waals surface area contributed by atoms with Crippen LogP contribution in [0.2, 0.25) is 0 Å². The first-order valence-electron chi connectivity index (χ1n) is 6.21. The molecule has 0 aliphatic heterocycles. The molecule has 0 bridgehead atoms. The summed E-state index contributed by atoms with van der Waals surface area (Å²) < 4.78 is 37.4. The monoisotopic (exact) mass is 301 g/mol. The maximum Gasteiger partial charge on any atom is 0.416 e. The van der Waals surface area contributed by atoms with Crippen molar-refractivity contribution >= 4 is 11.3 Å². The summed E-state index contributed by atoms with van der Waals surface area (Å²) in [5.41, 5.74) is 0.00309. The van der Waals surface area contributed by atoms with Crippen molar-refractivity contribution in [3.63, 3.8) is 0 Å². The van der Waals surface area contributed by atoms with Crippen LogP contribution >= 0.6 is 11.3 Å². The second-order valence-corrected chi connectivity index (χ2v) is 5.24. The number of hydrogen-bond donors (Lipinski definition) is 1. The van der Waals surface area contributed by atoms with E-state index in [4.69, 9.17) is 0 Å². The maximum atomic E-state index is 12.5. The summed E-state index contributed by atoms with van der Waals surface area (Å²) in [5.74, 6) is 0. The first kappa shape index (κ1) is 14.9. The van der Waals surface area contributed by atoms with Gasteiger partial charge in [0.25, 0.3) is 0 Å². The topological polar surface area (TPSA) is 37.8 Å². The van der Waals surface area contributed by atoms with Crippen LogP contribution in [0.5, 0.6) is 0 Å². The average molecular weight is 301 g/mol. The molecule has 0 saturated heterocycles. The van der Waals surface area contributed by atoms with Crippen LogP contribution in [-0.2, 0) is 12.6 Å². The largest absolute Gasteiger partial charge is 0.416 e. The number of rotatable bonds is 5. The summed E-state index contributed by atoms with van der Waals surface area (Å²) in [7, 11) is 0. The van der Waals surface area contributed by atoms with Crippen molar-refractivity contribution in [2.45, 2.75) is 19.5 Å². The van der Waals surface area contributed by atoms with E-state index in [2.05, 4.69) is 15.5 Å². The molecule has 7 heteroatoms. The SMILES string of the molecule is CCNCCc1nnc(-c2ccc(C(F)(F)F)cc2)s1. The zero-order chi connectivity index (χ0) is 14.6. The molecule has 1 aromatic carbocycles. The lowest BCUT2D eigenvalue weighted by atomic mass is 10.1. The average Bonchev–Trinajstić information content (AvgIpc) is 2.87. The minimum Gasteiger partial charge on any atom is -0.317 e. The first-order chi connectivity index (χ1) is 9.50. The van der Waals surface area contributed by atoms with Crippen molar-refractivity contribution in [1.82, 2.24) is 15.5 Å². The van der Waals surface area contributed by atoms with E-state index in [0.717, 1.165) is 36.7 Å². The minimum atomic E-state index is -4.31. The number of nitrogens with zero attached hydrogens (tertiary/aromatic N) is 2. The van der Waals surface area contributed by atoms with E-state index in [9.17, 15) is 13.2 Å². The molecule has 2 aromatic rings. The standard InChI is InChI=1S/C13H14F3N3S/c1-2-17-8-7-11-18-19-12(20-11)9-3-5-10(6-4-9)13(14,15)16/h3-6,17H,2,7-8H2,1H3. The van der Waals surface area contributed by atoms with Gasteiger partial charge in [-0.15, -0.1) is 10.2 Å². The second-order valence-electron chi connectivity index (χ2n) is 4.18. The molecular formula is C13H14F3N3S. The predicted octanol–water partition coefficient (Wildman–Crippen LogP) is 3.38. The molecule has 0 radical (unpaired) electrons. The Bertz CT molecular complexity index is 549. The lowest BCUT2D eigenvalue weighted by molar-refractivity contribution is -0.137. The molecule has 0 saturated carbocycles. The van der Waals surface area contributed by atoms with Gasteiger partial charge in [0.05, 0.1) is 5.56 Å². The summed E-state index contributed by atoms with van der Waals surface area (Å²) in [5, 5.41) is 12.8. The van der Waals surface area contributed by atoms with E-state index in [-0.39, 0.29) is 0 Å². The Morgan fingerprint density at radius 1 is 1.15 bits per heavy atom. The third-order valence-corrected chi connectivity index (χ3v) is 3.72. The summed E-state index contributed by atoms with van der Waals surface area (Å²) in [6.07, 6.45) is -3.54. The second kappa shape index (κ2) is 6.32. The lowest BCUT2D eigenvalue weighted by Crippen LogP contribution is -2.15. The number of nitrogens with one attached hydrogen (secondary N) is 1. The van der Waals surface area contributed by atoms with Crippen LogP contribution in [-0.4, -0.2) is 23.3 Å². The highest BCUT2D eigenvalue weighted by Crippen LogP contribution is 2.31. The summed E-state index contributed by atoms with van der Waals surface area (Å²) in [4.78, 5) is 0. The number of halogens is 3. The molecule has 0 fully saturated rings. The molecule has 3 nitrogen and oxygen atoms in total. The Kier molecular flexibility index (Phi) is 4.72. The van der Waals surface area contributed by atoms with Crippen molar-refractivity contribution in [2.24, 2.45) is 0 Å². The normalized spacial score (nSPS) is 11.8. The quantitative estimate of drug-likeness (QED) is 0.860. The maximum absolute atomic E-state index is 12.5. The van der Waals surface area contributed by atoms with Gasteiger partial charge in [-0.3, -0.25) is 0 Å². The number of benzene rings is 1. The molecular weight excluding hydrogens is 287 g/mol. The first-order valence-corrected chi connectivity index (χ1v) is 7.03. The van der Waals surface area contributed by atoms with Gasteiger partial charge in [0, 0.05) is 18.5 Å². The van der Waals surface area contributed by atoms with Crippen molar-refractivity contribution in [3.8, 4) is 10.6 Å². The van der Waals surface area contributed by atoms with E-state index in [1.807, 2.05) is 6.92 Å². The molecule has 0 amide bonds. The summed E-state index contributed by atoms with van der Waals surface area (Å²) >= 11 is 1.41. The molecule has 0 spiro atoms. The fraction of sp³-hybridized carbons (Fsp3) is 0.385. The summed E-state index contributed by atoms with van der Waals surface area (Å²) in [6.45, 7) is 3.73. The van der Waals surface area contributed by atoms with E-state index < -0.39 is 11.7 Å². The van der Waals surface area contributed by atoms with Gasteiger partial charge in [-0.1, -0.05) is 30.4 Å². The lowest BCUT2D eigenvalue weighted by Gasteiger charge is -2.06. The molecule has 1 N–H and O–H groups in total. The van der Waals surface area contributed by atoms with Gasteiger partial charge in [0.1, 0.15) is 10.0 Å². The van der Waals surface area contributed by atoms with E-state index in [0.29, 0.717) is 10.6 Å². The molecule has 108 valence electrons. The van der Waals surface area contributed by atoms with Crippen LogP contribution in [0.1, 0.15) is 17.5 Å². The fourth-order valence-corrected chi connectivity index (χ4v) is 2.49. The molecule has 0 atom stereocenters. The smallest absolute Gasteiger partial charge is 0.317 e. The molecule has 2 rings (SSSR count). The molecule has 20 heavy (non-hydrogen) atoms. The van der Waals surface area contributed by atoms with Gasteiger partial charge in [-0.05, 0) is 18.7 Å². The Morgan fingerprint density at radius 2 is 1.85 bits per heavy atom. The van der Waals surface area contributed by atoms with Crippen LogP contribution in [0.25, 0.3) is 10.6 Å². The highest BCUT2D eigenvalue weighted by atomic mass is 32.1. The Morgan fingerprint density at radius 3 is 2.45 bits per heavy atom. The number of likely N-dealkylation sites (N-methyl/N-ethyl adjacent to an activating group) is 1. The van der Waals surface area contributed by atoms with E-state index >= 15 is 0 Å². The van der Waals surface area contributed by atoms with Crippen LogP contribution in [0.4, 0.5) is 13.2 Å². The number of aromatic nitrogens is 2. The van der Waals surface area contributed by atoms with Gasteiger partial charge in [-0.25, -0.2) is 0 Å². The van der Waals surface area contributed by atoms with Gasteiger partial charge < -0.3 is 5.32 Å². The van der Waals surface area contributed by atoms with Crippen molar-refractivity contribution < 1.29 is 13.2 Å². The molecule has 0 unspecified atom stereocenters. The fourth-order valence-electron chi connectivity index (χ4n) is 1.65. The minimum absolute atomic E-state index is 0.644. The van der Waals surface area contributed by atoms with Gasteiger partial charge in [0.15, 0.2) is 0 Å². The highest BCUT2D eigenvalue weighted by Gasteiger charge is 2.30. The number of hydrogen-bond acceptors (Lipinski definition) is 4. The third-order valence-electron chi connectivity index (χ3n) is 2.69. The third kappa shape index (κ3) is 3.77. The van der Waals surface area contributed by atoms with E-state index in [1.54, 1.807) is 0 Å². The van der Waals surface area contributed by atoms with Crippen LogP contribution in [0, 0.1) is 0 Å². The van der Waals surface area contributed by atoms with Crippen molar-refractivity contribution in [1.29, 1.82) is 0 Å². The van der Waals surface area contributed by atoms with Crippen molar-refractivity contribution in [3.05, 3.63) is 34.8 Å². The van der Waals surface area contributed by atoms with Crippen LogP contribution < -0.4 is 5.32 Å². The molecule has 0 aliphatic rings. The molecule has 1 aromatic heterocycles. The van der Waals surface area contributed by atoms with Gasteiger partial charge >= 0.3 is 6.18 Å². The van der Waals surface area contributed by atoms with Crippen LogP contribution in [0.15, 0.2) is 24.3 Å². The predicted molar refractivity (Wildman–Crippen MR) is 72.6 cm³/mol. The van der Waals surface area contributed by atoms with Gasteiger partial charge in [-0.2, -0.15) is 13.2 Å². The number of alkyl halides is 3.